The van der Waals surface area contributed by atoms with Crippen molar-refractivity contribution in [2.24, 2.45) is 0 Å². The number of aliphatic hydroxyl groups excluding tert-OH is 1. The molecule has 0 saturated carbocycles. The van der Waals surface area contributed by atoms with Crippen molar-refractivity contribution >= 4 is 11.6 Å². The minimum absolute atomic E-state index is 0.0430. The zero-order valence-electron chi connectivity index (χ0n) is 11.6. The topological polar surface area (TPSA) is 69.6 Å². The third-order valence-electron chi connectivity index (χ3n) is 2.76. The first-order chi connectivity index (χ1) is 10.1. The summed E-state index contributed by atoms with van der Waals surface area (Å²) in [6.07, 6.45) is 0. The summed E-state index contributed by atoms with van der Waals surface area (Å²) in [5.74, 6) is 5.11. The number of aromatic hydroxyl groups is 1. The number of phenols is 1. The number of aliphatic hydroxyl groups is 1. The lowest BCUT2D eigenvalue weighted by Gasteiger charge is -2.07. The van der Waals surface area contributed by atoms with Gasteiger partial charge in [-0.2, -0.15) is 0 Å². The van der Waals surface area contributed by atoms with Gasteiger partial charge in [0.2, 0.25) is 0 Å². The van der Waals surface area contributed by atoms with Gasteiger partial charge >= 0.3 is 0 Å². The van der Waals surface area contributed by atoms with Crippen LogP contribution in [0, 0.1) is 18.8 Å². The van der Waals surface area contributed by atoms with Gasteiger partial charge in [-0.15, -0.1) is 0 Å². The molecule has 0 atom stereocenters. The Balaban J connectivity index is 2.23. The number of benzene rings is 2. The fraction of sp³-hybridized carbons (Fsp3) is 0.118. The van der Waals surface area contributed by atoms with E-state index in [-0.39, 0.29) is 18.3 Å². The van der Waals surface area contributed by atoms with Crippen LogP contribution < -0.4 is 5.32 Å². The number of amides is 1. The van der Waals surface area contributed by atoms with Crippen LogP contribution in [0.1, 0.15) is 21.5 Å². The van der Waals surface area contributed by atoms with Crippen LogP contribution >= 0.6 is 0 Å². The van der Waals surface area contributed by atoms with Gasteiger partial charge in [0.1, 0.15) is 12.4 Å². The standard InChI is InChI=1S/C17H15NO3/c1-12-8-13(4-3-7-19)10-15(9-12)18-17(21)14-5-2-6-16(20)11-14/h2,5-6,8-11,19-20H,7H2,1H3,(H,18,21). The first-order valence-corrected chi connectivity index (χ1v) is 6.40. The number of carbonyl (C=O) groups excluding carboxylic acids is 1. The lowest BCUT2D eigenvalue weighted by atomic mass is 10.1. The van der Waals surface area contributed by atoms with Crippen molar-refractivity contribution in [3.8, 4) is 17.6 Å². The van der Waals surface area contributed by atoms with E-state index >= 15 is 0 Å². The van der Waals surface area contributed by atoms with E-state index < -0.39 is 0 Å². The highest BCUT2D eigenvalue weighted by molar-refractivity contribution is 6.04. The molecule has 0 radical (unpaired) electrons. The lowest BCUT2D eigenvalue weighted by Crippen LogP contribution is -2.11. The normalized spacial score (nSPS) is 9.62. The van der Waals surface area contributed by atoms with Crippen LogP contribution in [0.5, 0.6) is 5.75 Å². The van der Waals surface area contributed by atoms with Gasteiger partial charge in [0.05, 0.1) is 0 Å². The van der Waals surface area contributed by atoms with Crippen molar-refractivity contribution in [3.05, 3.63) is 59.2 Å². The minimum atomic E-state index is -0.308. The Hall–Kier alpha value is -2.77. The zero-order valence-corrected chi connectivity index (χ0v) is 11.6. The van der Waals surface area contributed by atoms with E-state index in [1.165, 1.54) is 12.1 Å². The molecular weight excluding hydrogens is 266 g/mol. The van der Waals surface area contributed by atoms with E-state index in [1.54, 1.807) is 18.2 Å². The maximum atomic E-state index is 12.1. The largest absolute Gasteiger partial charge is 0.508 e. The summed E-state index contributed by atoms with van der Waals surface area (Å²) in [5.41, 5.74) is 2.66. The Labute approximate surface area is 123 Å². The number of anilines is 1. The van der Waals surface area contributed by atoms with Crippen LogP contribution in [-0.2, 0) is 0 Å². The number of nitrogens with one attached hydrogen (secondary N) is 1. The van der Waals surface area contributed by atoms with Crippen LogP contribution in [0.25, 0.3) is 0 Å². The van der Waals surface area contributed by atoms with E-state index in [1.807, 2.05) is 19.1 Å². The van der Waals surface area contributed by atoms with Gasteiger partial charge < -0.3 is 15.5 Å². The fourth-order valence-corrected chi connectivity index (χ4v) is 1.92. The second-order valence-corrected chi connectivity index (χ2v) is 4.55. The van der Waals surface area contributed by atoms with E-state index in [2.05, 4.69) is 17.2 Å². The minimum Gasteiger partial charge on any atom is -0.508 e. The molecule has 2 rings (SSSR count). The Morgan fingerprint density at radius 3 is 2.76 bits per heavy atom. The number of carbonyl (C=O) groups is 1. The van der Waals surface area contributed by atoms with Gasteiger partial charge in [0.25, 0.3) is 5.91 Å². The Morgan fingerprint density at radius 2 is 2.05 bits per heavy atom. The molecule has 0 spiro atoms. The van der Waals surface area contributed by atoms with Gasteiger partial charge in [-0.05, 0) is 48.9 Å². The number of hydrogen-bond acceptors (Lipinski definition) is 3. The fourth-order valence-electron chi connectivity index (χ4n) is 1.92. The molecule has 0 unspecified atom stereocenters. The first kappa shape index (κ1) is 14.6. The van der Waals surface area contributed by atoms with Crippen molar-refractivity contribution < 1.29 is 15.0 Å². The molecular formula is C17H15NO3. The predicted molar refractivity (Wildman–Crippen MR) is 81.2 cm³/mol. The third kappa shape index (κ3) is 4.10. The van der Waals surface area contributed by atoms with Crippen molar-refractivity contribution in [1.29, 1.82) is 0 Å². The van der Waals surface area contributed by atoms with Gasteiger partial charge in [0, 0.05) is 16.8 Å². The summed E-state index contributed by atoms with van der Waals surface area (Å²) in [7, 11) is 0. The zero-order chi connectivity index (χ0) is 15.2. The monoisotopic (exact) mass is 281 g/mol. The number of phenolic OH excluding ortho intramolecular Hbond substituents is 1. The quantitative estimate of drug-likeness (QED) is 0.740. The summed E-state index contributed by atoms with van der Waals surface area (Å²) in [5, 5.41) is 20.9. The highest BCUT2D eigenvalue weighted by Crippen LogP contribution is 2.17. The van der Waals surface area contributed by atoms with Gasteiger partial charge in [-0.3, -0.25) is 4.79 Å². The van der Waals surface area contributed by atoms with E-state index in [4.69, 9.17) is 5.11 Å². The molecule has 4 nitrogen and oxygen atoms in total. The van der Waals surface area contributed by atoms with Crippen molar-refractivity contribution in [2.45, 2.75) is 6.92 Å². The van der Waals surface area contributed by atoms with Gasteiger partial charge in [0.15, 0.2) is 0 Å². The molecule has 21 heavy (non-hydrogen) atoms. The van der Waals surface area contributed by atoms with E-state index in [9.17, 15) is 9.90 Å². The highest BCUT2D eigenvalue weighted by atomic mass is 16.3. The molecule has 2 aromatic carbocycles. The lowest BCUT2D eigenvalue weighted by molar-refractivity contribution is 0.102. The SMILES string of the molecule is Cc1cc(C#CCO)cc(NC(=O)c2cccc(O)c2)c1. The molecule has 2 aromatic rings. The molecule has 0 aromatic heterocycles. The van der Waals surface area contributed by atoms with Crippen LogP contribution in [0.3, 0.4) is 0 Å². The van der Waals surface area contributed by atoms with Crippen LogP contribution in [0.2, 0.25) is 0 Å². The Bertz CT molecular complexity index is 726. The number of hydrogen-bond donors (Lipinski definition) is 3. The second-order valence-electron chi connectivity index (χ2n) is 4.55. The second kappa shape index (κ2) is 6.60. The molecule has 0 aliphatic heterocycles. The highest BCUT2D eigenvalue weighted by Gasteiger charge is 2.07. The van der Waals surface area contributed by atoms with E-state index in [0.29, 0.717) is 11.3 Å². The first-order valence-electron chi connectivity index (χ1n) is 6.40. The molecule has 0 aliphatic carbocycles. The molecule has 1 amide bonds. The summed E-state index contributed by atoms with van der Waals surface area (Å²) < 4.78 is 0. The molecule has 4 heteroatoms. The molecule has 0 aliphatic rings. The van der Waals surface area contributed by atoms with Crippen molar-refractivity contribution in [3.63, 3.8) is 0 Å². The number of aryl methyl sites for hydroxylation is 1. The summed E-state index contributed by atoms with van der Waals surface area (Å²) in [4.78, 5) is 12.1. The maximum absolute atomic E-state index is 12.1. The Morgan fingerprint density at radius 1 is 1.24 bits per heavy atom. The van der Waals surface area contributed by atoms with Crippen LogP contribution in [0.4, 0.5) is 5.69 Å². The summed E-state index contributed by atoms with van der Waals surface area (Å²) >= 11 is 0. The summed E-state index contributed by atoms with van der Waals surface area (Å²) in [6.45, 7) is 1.69. The average molecular weight is 281 g/mol. The molecule has 0 heterocycles. The summed E-state index contributed by atoms with van der Waals surface area (Å²) in [6, 6.07) is 11.6. The molecule has 0 saturated heterocycles. The van der Waals surface area contributed by atoms with Gasteiger partial charge in [-0.25, -0.2) is 0 Å². The third-order valence-corrected chi connectivity index (χ3v) is 2.76. The van der Waals surface area contributed by atoms with Crippen molar-refractivity contribution in [1.82, 2.24) is 0 Å². The predicted octanol–water partition coefficient (Wildman–Crippen LogP) is 2.30. The maximum Gasteiger partial charge on any atom is 0.255 e. The molecule has 3 N–H and O–H groups in total. The van der Waals surface area contributed by atoms with Gasteiger partial charge in [-0.1, -0.05) is 17.9 Å². The Kier molecular flexibility index (Phi) is 4.60. The van der Waals surface area contributed by atoms with Crippen LogP contribution in [0.15, 0.2) is 42.5 Å². The average Bonchev–Trinajstić information content (AvgIpc) is 2.44. The molecule has 0 bridgehead atoms. The van der Waals surface area contributed by atoms with Crippen LogP contribution in [-0.4, -0.2) is 22.7 Å². The number of rotatable bonds is 2. The smallest absolute Gasteiger partial charge is 0.255 e. The van der Waals surface area contributed by atoms with E-state index in [0.717, 1.165) is 11.1 Å². The molecule has 0 fully saturated rings. The van der Waals surface area contributed by atoms with Crippen molar-refractivity contribution in [2.75, 3.05) is 11.9 Å². The molecule has 106 valence electrons.